The van der Waals surface area contributed by atoms with Gasteiger partial charge >= 0.3 is 11.9 Å². The SMILES string of the molecule is C=CC(=O)OCCC[Si]O[Si]CCCOC(=O)C=C. The van der Waals surface area contributed by atoms with Gasteiger partial charge in [-0.15, -0.1) is 0 Å². The molecule has 0 fully saturated rings. The molecule has 0 amide bonds. The lowest BCUT2D eigenvalue weighted by Crippen LogP contribution is -2.08. The van der Waals surface area contributed by atoms with E-state index in [1.54, 1.807) is 0 Å². The molecule has 104 valence electrons. The molecule has 0 rings (SSSR count). The standard InChI is InChI=1S/C12H18O5Si2/c1-3-11(13)15-7-5-9-18-17-19-10-6-8-16-12(14)4-2/h3-4H,1-2,5-10H2. The highest BCUT2D eigenvalue weighted by Gasteiger charge is 1.99. The van der Waals surface area contributed by atoms with Gasteiger partial charge in [0, 0.05) is 12.2 Å². The molecule has 0 aliphatic carbocycles. The summed E-state index contributed by atoms with van der Waals surface area (Å²) in [5.74, 6) is -0.777. The van der Waals surface area contributed by atoms with E-state index < -0.39 is 0 Å². The first kappa shape index (κ1) is 17.8. The second-order valence-corrected chi connectivity index (χ2v) is 5.73. The van der Waals surface area contributed by atoms with Gasteiger partial charge in [-0.25, -0.2) is 9.59 Å². The van der Waals surface area contributed by atoms with Crippen molar-refractivity contribution in [1.29, 1.82) is 0 Å². The van der Waals surface area contributed by atoms with E-state index in [0.29, 0.717) is 32.7 Å². The number of carbonyl (C=O) groups is 2. The summed E-state index contributed by atoms with van der Waals surface area (Å²) in [5.41, 5.74) is 0. The van der Waals surface area contributed by atoms with E-state index in [1.165, 1.54) is 0 Å². The van der Waals surface area contributed by atoms with Crippen LogP contribution in [-0.2, 0) is 23.2 Å². The van der Waals surface area contributed by atoms with Crippen LogP contribution in [0.2, 0.25) is 12.1 Å². The summed E-state index contributed by atoms with van der Waals surface area (Å²) in [6.45, 7) is 7.42. The van der Waals surface area contributed by atoms with Crippen LogP contribution in [0.5, 0.6) is 0 Å². The van der Waals surface area contributed by atoms with Crippen molar-refractivity contribution < 1.29 is 23.2 Å². The Labute approximate surface area is 118 Å². The molecule has 0 aromatic heterocycles. The zero-order chi connectivity index (χ0) is 14.3. The second kappa shape index (κ2) is 13.3. The van der Waals surface area contributed by atoms with Gasteiger partial charge in [0.1, 0.15) is 0 Å². The first-order valence-electron chi connectivity index (χ1n) is 5.90. The fourth-order valence-corrected chi connectivity index (χ4v) is 2.71. The van der Waals surface area contributed by atoms with E-state index in [-0.39, 0.29) is 11.9 Å². The minimum Gasteiger partial charge on any atom is -0.463 e. The smallest absolute Gasteiger partial charge is 0.330 e. The summed E-state index contributed by atoms with van der Waals surface area (Å²) in [4.78, 5) is 21.4. The van der Waals surface area contributed by atoms with Crippen molar-refractivity contribution in [3.8, 4) is 0 Å². The summed E-state index contributed by atoms with van der Waals surface area (Å²) < 4.78 is 15.1. The highest BCUT2D eigenvalue weighted by Crippen LogP contribution is 1.95. The monoisotopic (exact) mass is 298 g/mol. The van der Waals surface area contributed by atoms with E-state index in [2.05, 4.69) is 13.2 Å². The van der Waals surface area contributed by atoms with Crippen LogP contribution in [0.1, 0.15) is 12.8 Å². The summed E-state index contributed by atoms with van der Waals surface area (Å²) in [6.07, 6.45) is 3.89. The summed E-state index contributed by atoms with van der Waals surface area (Å²) in [7, 11) is 0.830. The Balaban J connectivity index is 3.10. The van der Waals surface area contributed by atoms with Crippen LogP contribution in [0.25, 0.3) is 0 Å². The average Bonchev–Trinajstić information content (AvgIpc) is 2.43. The first-order chi connectivity index (χ1) is 9.20. The fraction of sp³-hybridized carbons (Fsp3) is 0.500. The highest BCUT2D eigenvalue weighted by atomic mass is 28.3. The Bertz CT molecular complexity index is 266. The van der Waals surface area contributed by atoms with E-state index in [0.717, 1.165) is 37.1 Å². The minimum atomic E-state index is -0.389. The molecule has 5 nitrogen and oxygen atoms in total. The Hall–Kier alpha value is -1.19. The molecule has 0 saturated carbocycles. The Morgan fingerprint density at radius 3 is 1.68 bits per heavy atom. The van der Waals surface area contributed by atoms with Crippen molar-refractivity contribution >= 4 is 31.5 Å². The molecule has 19 heavy (non-hydrogen) atoms. The van der Waals surface area contributed by atoms with Crippen molar-refractivity contribution in [3.05, 3.63) is 25.3 Å². The molecule has 0 N–H and O–H groups in total. The third kappa shape index (κ3) is 13.1. The quantitative estimate of drug-likeness (QED) is 0.235. The number of rotatable bonds is 12. The summed E-state index contributed by atoms with van der Waals surface area (Å²) >= 11 is 0. The largest absolute Gasteiger partial charge is 0.463 e. The molecule has 0 unspecified atom stereocenters. The van der Waals surface area contributed by atoms with Gasteiger partial charge in [-0.05, 0) is 24.9 Å². The molecule has 0 aliphatic heterocycles. The van der Waals surface area contributed by atoms with Gasteiger partial charge < -0.3 is 13.6 Å². The lowest BCUT2D eigenvalue weighted by molar-refractivity contribution is -0.138. The topological polar surface area (TPSA) is 61.8 Å². The van der Waals surface area contributed by atoms with Gasteiger partial charge in [-0.1, -0.05) is 13.2 Å². The van der Waals surface area contributed by atoms with Crippen LogP contribution in [0.3, 0.4) is 0 Å². The van der Waals surface area contributed by atoms with E-state index in [9.17, 15) is 9.59 Å². The predicted octanol–water partition coefficient (Wildman–Crippen LogP) is 1.32. The molecule has 0 saturated heterocycles. The summed E-state index contributed by atoms with van der Waals surface area (Å²) in [6, 6.07) is 1.76. The van der Waals surface area contributed by atoms with Gasteiger partial charge in [0.25, 0.3) is 0 Å². The van der Waals surface area contributed by atoms with Crippen LogP contribution in [0, 0.1) is 0 Å². The van der Waals surface area contributed by atoms with Crippen LogP contribution in [-0.4, -0.2) is 44.7 Å². The third-order valence-electron chi connectivity index (χ3n) is 1.81. The van der Waals surface area contributed by atoms with E-state index in [4.69, 9.17) is 13.6 Å². The molecule has 0 atom stereocenters. The van der Waals surface area contributed by atoms with Gasteiger partial charge in [-0.2, -0.15) is 0 Å². The maximum atomic E-state index is 10.7. The zero-order valence-electron chi connectivity index (χ0n) is 10.9. The van der Waals surface area contributed by atoms with Crippen LogP contribution in [0.15, 0.2) is 25.3 Å². The molecule has 0 spiro atoms. The van der Waals surface area contributed by atoms with Gasteiger partial charge in [0.05, 0.1) is 13.2 Å². The Kier molecular flexibility index (Phi) is 12.4. The van der Waals surface area contributed by atoms with Gasteiger partial charge in [-0.3, -0.25) is 0 Å². The fourth-order valence-electron chi connectivity index (χ4n) is 0.905. The van der Waals surface area contributed by atoms with E-state index >= 15 is 0 Å². The van der Waals surface area contributed by atoms with Crippen LogP contribution >= 0.6 is 0 Å². The molecule has 0 heterocycles. The number of ether oxygens (including phenoxy) is 2. The Morgan fingerprint density at radius 1 is 0.895 bits per heavy atom. The summed E-state index contributed by atoms with van der Waals surface area (Å²) in [5, 5.41) is 0. The van der Waals surface area contributed by atoms with Crippen LogP contribution in [0.4, 0.5) is 0 Å². The molecule has 7 heteroatoms. The minimum absolute atomic E-state index is 0.389. The van der Waals surface area contributed by atoms with Crippen molar-refractivity contribution in [2.75, 3.05) is 13.2 Å². The lowest BCUT2D eigenvalue weighted by atomic mass is 10.5. The van der Waals surface area contributed by atoms with Crippen molar-refractivity contribution in [3.63, 3.8) is 0 Å². The van der Waals surface area contributed by atoms with Crippen LogP contribution < -0.4 is 0 Å². The Morgan fingerprint density at radius 2 is 1.32 bits per heavy atom. The first-order valence-corrected chi connectivity index (χ1v) is 8.13. The molecule has 0 bridgehead atoms. The van der Waals surface area contributed by atoms with Crippen molar-refractivity contribution in [2.45, 2.75) is 24.9 Å². The molecule has 0 aromatic rings. The molecule has 4 radical (unpaired) electrons. The lowest BCUT2D eigenvalue weighted by Gasteiger charge is -2.03. The van der Waals surface area contributed by atoms with Gasteiger partial charge in [0.15, 0.2) is 0 Å². The molecule has 0 aromatic carbocycles. The average molecular weight is 298 g/mol. The van der Waals surface area contributed by atoms with Gasteiger partial charge in [0.2, 0.25) is 19.5 Å². The normalized spacial score (nSPS) is 9.68. The number of esters is 2. The van der Waals surface area contributed by atoms with Crippen molar-refractivity contribution in [2.24, 2.45) is 0 Å². The predicted molar refractivity (Wildman–Crippen MR) is 73.8 cm³/mol. The zero-order valence-corrected chi connectivity index (χ0v) is 12.9. The highest BCUT2D eigenvalue weighted by molar-refractivity contribution is 6.42. The molecular weight excluding hydrogens is 280 g/mol. The number of hydrogen-bond donors (Lipinski definition) is 0. The number of carbonyl (C=O) groups excluding carboxylic acids is 2. The van der Waals surface area contributed by atoms with Crippen molar-refractivity contribution in [1.82, 2.24) is 0 Å². The molecule has 0 aliphatic rings. The van der Waals surface area contributed by atoms with E-state index in [1.807, 2.05) is 0 Å². The molecular formula is C12H18O5Si2. The maximum Gasteiger partial charge on any atom is 0.330 e. The maximum absolute atomic E-state index is 10.7. The second-order valence-electron chi connectivity index (χ2n) is 3.34. The third-order valence-corrected chi connectivity index (χ3v) is 4.08. The number of hydrogen-bond acceptors (Lipinski definition) is 5.